The van der Waals surface area contributed by atoms with Crippen molar-refractivity contribution in [1.82, 2.24) is 9.80 Å². The third-order valence-corrected chi connectivity index (χ3v) is 5.31. The summed E-state index contributed by atoms with van der Waals surface area (Å²) in [7, 11) is 1.61. The predicted octanol–water partition coefficient (Wildman–Crippen LogP) is 2.69. The third kappa shape index (κ3) is 5.59. The van der Waals surface area contributed by atoms with E-state index in [0.717, 1.165) is 24.3 Å². The minimum Gasteiger partial charge on any atom is -0.497 e. The quantitative estimate of drug-likeness (QED) is 0.800. The average Bonchev–Trinajstić information content (AvgIpc) is 3.22. The molecule has 0 aromatic heterocycles. The van der Waals surface area contributed by atoms with Crippen LogP contribution in [0.2, 0.25) is 0 Å². The van der Waals surface area contributed by atoms with Crippen LogP contribution in [0.3, 0.4) is 0 Å². The fourth-order valence-electron chi connectivity index (χ4n) is 3.71. The highest BCUT2D eigenvalue weighted by Crippen LogP contribution is 2.21. The Morgan fingerprint density at radius 2 is 2.10 bits per heavy atom. The second-order valence-electron chi connectivity index (χ2n) is 7.44. The van der Waals surface area contributed by atoms with Crippen molar-refractivity contribution < 1.29 is 14.3 Å². The van der Waals surface area contributed by atoms with Gasteiger partial charge < -0.3 is 19.9 Å². The van der Waals surface area contributed by atoms with Gasteiger partial charge in [0.15, 0.2) is 0 Å². The van der Waals surface area contributed by atoms with Gasteiger partial charge >= 0.3 is 0 Å². The molecule has 3 rings (SSSR count). The first-order chi connectivity index (χ1) is 14.1. The van der Waals surface area contributed by atoms with E-state index in [2.05, 4.69) is 22.1 Å². The molecule has 2 amide bonds. The molecule has 1 N–H and O–H groups in total. The standard InChI is InChI=1S/C22H30N4O3/c1-17-16-23-12-5-14-25(22(28)20-6-3-15-26(17)20)13-4-7-21(27)24-18-8-10-19(29-2)11-9-18/h3,8-11,15-17,20H,4-7,12-14H2,1-2H3,(H,24,27)/b23-16-. The van der Waals surface area contributed by atoms with Crippen molar-refractivity contribution in [3.63, 3.8) is 0 Å². The van der Waals surface area contributed by atoms with E-state index < -0.39 is 0 Å². The molecule has 0 spiro atoms. The van der Waals surface area contributed by atoms with Crippen molar-refractivity contribution in [2.45, 2.75) is 44.7 Å². The number of ether oxygens (including phenoxy) is 1. The van der Waals surface area contributed by atoms with Gasteiger partial charge in [-0.3, -0.25) is 14.6 Å². The molecular weight excluding hydrogens is 368 g/mol. The molecule has 0 radical (unpaired) electrons. The van der Waals surface area contributed by atoms with Gasteiger partial charge in [-0.25, -0.2) is 0 Å². The molecule has 0 saturated carbocycles. The van der Waals surface area contributed by atoms with E-state index in [0.29, 0.717) is 32.5 Å². The highest BCUT2D eigenvalue weighted by Gasteiger charge is 2.32. The molecule has 1 aromatic rings. The molecule has 0 fully saturated rings. The average molecular weight is 399 g/mol. The highest BCUT2D eigenvalue weighted by molar-refractivity contribution is 5.90. The summed E-state index contributed by atoms with van der Waals surface area (Å²) in [4.78, 5) is 33.8. The summed E-state index contributed by atoms with van der Waals surface area (Å²) < 4.78 is 5.12. The smallest absolute Gasteiger partial charge is 0.245 e. The SMILES string of the molecule is COc1ccc(NC(=O)CCCN2CCC/N=C\C(C)N3C=CCC3C2=O)cc1. The Balaban J connectivity index is 1.52. The fraction of sp³-hybridized carbons (Fsp3) is 0.500. The lowest BCUT2D eigenvalue weighted by Crippen LogP contribution is -2.49. The number of methoxy groups -OCH3 is 1. The van der Waals surface area contributed by atoms with Crippen molar-refractivity contribution in [2.75, 3.05) is 32.1 Å². The van der Waals surface area contributed by atoms with E-state index in [9.17, 15) is 9.59 Å². The summed E-state index contributed by atoms with van der Waals surface area (Å²) >= 11 is 0. The number of hydrogen-bond acceptors (Lipinski definition) is 5. The number of anilines is 1. The number of amides is 2. The van der Waals surface area contributed by atoms with Gasteiger partial charge in [0.2, 0.25) is 11.8 Å². The second-order valence-corrected chi connectivity index (χ2v) is 7.44. The molecule has 2 aliphatic heterocycles. The molecule has 0 aliphatic carbocycles. The van der Waals surface area contributed by atoms with Gasteiger partial charge in [-0.05, 0) is 56.7 Å². The summed E-state index contributed by atoms with van der Waals surface area (Å²) in [6.45, 7) is 4.04. The maximum atomic E-state index is 13.1. The predicted molar refractivity (Wildman–Crippen MR) is 114 cm³/mol. The van der Waals surface area contributed by atoms with Gasteiger partial charge in [0.1, 0.15) is 11.8 Å². The molecule has 2 aliphatic rings. The minimum atomic E-state index is -0.164. The number of benzene rings is 1. The number of nitrogens with one attached hydrogen (secondary N) is 1. The molecule has 2 atom stereocenters. The number of rotatable bonds is 6. The molecule has 7 heteroatoms. The first-order valence-electron chi connectivity index (χ1n) is 10.2. The number of carbonyl (C=O) groups excluding carboxylic acids is 2. The Kier molecular flexibility index (Phi) is 7.27. The lowest BCUT2D eigenvalue weighted by molar-refractivity contribution is -0.136. The van der Waals surface area contributed by atoms with Gasteiger partial charge in [-0.1, -0.05) is 6.08 Å². The Morgan fingerprint density at radius 1 is 1.31 bits per heavy atom. The van der Waals surface area contributed by atoms with E-state index in [1.54, 1.807) is 7.11 Å². The van der Waals surface area contributed by atoms with Crippen molar-refractivity contribution in [1.29, 1.82) is 0 Å². The summed E-state index contributed by atoms with van der Waals surface area (Å²) in [6, 6.07) is 7.19. The lowest BCUT2D eigenvalue weighted by atomic mass is 10.1. The van der Waals surface area contributed by atoms with Crippen LogP contribution in [0.15, 0.2) is 41.5 Å². The number of carbonyl (C=O) groups is 2. The Labute approximate surface area is 172 Å². The zero-order chi connectivity index (χ0) is 20.6. The summed E-state index contributed by atoms with van der Waals surface area (Å²) in [6.07, 6.45) is 8.56. The van der Waals surface area contributed by atoms with E-state index in [1.165, 1.54) is 0 Å². The zero-order valence-electron chi connectivity index (χ0n) is 17.2. The molecule has 1 aromatic carbocycles. The molecule has 29 heavy (non-hydrogen) atoms. The van der Waals surface area contributed by atoms with Crippen LogP contribution in [-0.4, -0.2) is 66.7 Å². The third-order valence-electron chi connectivity index (χ3n) is 5.31. The van der Waals surface area contributed by atoms with Crippen LogP contribution in [-0.2, 0) is 9.59 Å². The maximum absolute atomic E-state index is 13.1. The molecular formula is C22H30N4O3. The number of fused-ring (bicyclic) bond motifs is 1. The van der Waals surface area contributed by atoms with Crippen molar-refractivity contribution in [3.8, 4) is 5.75 Å². The van der Waals surface area contributed by atoms with Crippen LogP contribution in [0.25, 0.3) is 0 Å². The Bertz CT molecular complexity index is 760. The van der Waals surface area contributed by atoms with Gasteiger partial charge in [0.25, 0.3) is 0 Å². The lowest BCUT2D eigenvalue weighted by Gasteiger charge is -2.34. The largest absolute Gasteiger partial charge is 0.497 e. The van der Waals surface area contributed by atoms with Crippen LogP contribution in [0.1, 0.15) is 32.6 Å². The van der Waals surface area contributed by atoms with Crippen molar-refractivity contribution >= 4 is 23.7 Å². The normalized spacial score (nSPS) is 22.9. The molecule has 7 nitrogen and oxygen atoms in total. The Hall–Kier alpha value is -2.83. The molecule has 2 unspecified atom stereocenters. The van der Waals surface area contributed by atoms with Crippen LogP contribution in [0.4, 0.5) is 5.69 Å². The van der Waals surface area contributed by atoms with E-state index in [4.69, 9.17) is 4.74 Å². The summed E-state index contributed by atoms with van der Waals surface area (Å²) in [5, 5.41) is 2.89. The molecule has 2 heterocycles. The van der Waals surface area contributed by atoms with E-state index >= 15 is 0 Å². The zero-order valence-corrected chi connectivity index (χ0v) is 17.2. The molecule has 156 valence electrons. The topological polar surface area (TPSA) is 74.2 Å². The van der Waals surface area contributed by atoms with Crippen LogP contribution in [0, 0.1) is 0 Å². The first kappa shape index (κ1) is 20.9. The van der Waals surface area contributed by atoms with Crippen molar-refractivity contribution in [2.24, 2.45) is 4.99 Å². The highest BCUT2D eigenvalue weighted by atomic mass is 16.5. The van der Waals surface area contributed by atoms with E-state index in [1.807, 2.05) is 47.7 Å². The maximum Gasteiger partial charge on any atom is 0.245 e. The summed E-state index contributed by atoms with van der Waals surface area (Å²) in [5.41, 5.74) is 0.741. The van der Waals surface area contributed by atoms with Crippen LogP contribution >= 0.6 is 0 Å². The first-order valence-corrected chi connectivity index (χ1v) is 10.2. The molecule has 0 bridgehead atoms. The monoisotopic (exact) mass is 398 g/mol. The summed E-state index contributed by atoms with van der Waals surface area (Å²) in [5.74, 6) is 0.846. The fourth-order valence-corrected chi connectivity index (χ4v) is 3.71. The van der Waals surface area contributed by atoms with E-state index in [-0.39, 0.29) is 23.9 Å². The van der Waals surface area contributed by atoms with Gasteiger partial charge in [-0.15, -0.1) is 0 Å². The van der Waals surface area contributed by atoms with Gasteiger partial charge in [0.05, 0.1) is 13.2 Å². The number of nitrogens with zero attached hydrogens (tertiary/aromatic N) is 3. The minimum absolute atomic E-state index is 0.0499. The Morgan fingerprint density at radius 3 is 2.86 bits per heavy atom. The van der Waals surface area contributed by atoms with Crippen LogP contribution < -0.4 is 10.1 Å². The van der Waals surface area contributed by atoms with Gasteiger partial charge in [0, 0.05) is 38.0 Å². The van der Waals surface area contributed by atoms with Crippen molar-refractivity contribution in [3.05, 3.63) is 36.5 Å². The molecule has 0 saturated heterocycles. The number of aliphatic imine (C=N–C) groups is 1. The second kappa shape index (κ2) is 10.1. The van der Waals surface area contributed by atoms with Crippen LogP contribution in [0.5, 0.6) is 5.75 Å². The van der Waals surface area contributed by atoms with Gasteiger partial charge in [-0.2, -0.15) is 0 Å². The number of hydrogen-bond donors (Lipinski definition) is 1.